The Bertz CT molecular complexity index is 398. The summed E-state index contributed by atoms with van der Waals surface area (Å²) in [5.41, 5.74) is 10.3. The molecular formula is C10H13BF4N3O-. The third-order valence-electron chi connectivity index (χ3n) is 1.80. The third-order valence-corrected chi connectivity index (χ3v) is 1.80. The van der Waals surface area contributed by atoms with Gasteiger partial charge in [-0.1, -0.05) is 12.1 Å². The first kappa shape index (κ1) is 17.1. The number of nitrogens with one attached hydrogen (secondary N) is 1. The number of aliphatic hydroxyl groups is 1. The van der Waals surface area contributed by atoms with E-state index in [1.54, 1.807) is 0 Å². The molecule has 4 nitrogen and oxygen atoms in total. The van der Waals surface area contributed by atoms with Gasteiger partial charge in [0.2, 0.25) is 0 Å². The Balaban J connectivity index is 0.000000555. The van der Waals surface area contributed by atoms with Gasteiger partial charge in [-0.05, 0) is 17.7 Å². The van der Waals surface area contributed by atoms with Crippen LogP contribution in [0.4, 0.5) is 23.0 Å². The highest BCUT2D eigenvalue weighted by atomic mass is 19.5. The molecular weight excluding hydrogens is 265 g/mol. The van der Waals surface area contributed by atoms with Crippen molar-refractivity contribution in [1.82, 2.24) is 0 Å². The molecule has 0 fully saturated rings. The van der Waals surface area contributed by atoms with E-state index in [9.17, 15) is 17.3 Å². The number of aliphatic hydroxyl groups excluding tert-OH is 1. The maximum Gasteiger partial charge on any atom is 0.673 e. The summed E-state index contributed by atoms with van der Waals surface area (Å²) in [5, 5.41) is 11.6. The molecule has 0 radical (unpaired) electrons. The van der Waals surface area contributed by atoms with Crippen LogP contribution in [0.2, 0.25) is 0 Å². The molecule has 0 aliphatic carbocycles. The quantitative estimate of drug-likeness (QED) is 0.285. The van der Waals surface area contributed by atoms with E-state index >= 15 is 0 Å². The smallest absolute Gasteiger partial charge is 0.418 e. The number of anilines is 1. The van der Waals surface area contributed by atoms with Crippen molar-refractivity contribution in [3.8, 4) is 0 Å². The summed E-state index contributed by atoms with van der Waals surface area (Å²) in [6.45, 7) is 0.677. The van der Waals surface area contributed by atoms with Gasteiger partial charge in [0.15, 0.2) is 0 Å². The van der Waals surface area contributed by atoms with E-state index in [-0.39, 0.29) is 6.61 Å². The molecule has 0 spiro atoms. The molecule has 0 heterocycles. The van der Waals surface area contributed by atoms with E-state index in [2.05, 4.69) is 10.1 Å². The van der Waals surface area contributed by atoms with Crippen LogP contribution < -0.4 is 5.32 Å². The Labute approximate surface area is 107 Å². The number of hydrogen-bond donors (Lipinski definition) is 2. The maximum absolute atomic E-state index is 9.75. The van der Waals surface area contributed by atoms with E-state index in [1.165, 1.54) is 6.21 Å². The predicted octanol–water partition coefficient (Wildman–Crippen LogP) is 2.23. The highest BCUT2D eigenvalue weighted by Crippen LogP contribution is 2.08. The normalized spacial score (nSPS) is 9.95. The molecule has 106 valence electrons. The van der Waals surface area contributed by atoms with E-state index in [0.29, 0.717) is 13.0 Å². The van der Waals surface area contributed by atoms with Gasteiger partial charge in [0, 0.05) is 12.2 Å². The van der Waals surface area contributed by atoms with E-state index < -0.39 is 7.25 Å². The Morgan fingerprint density at radius 1 is 1.21 bits per heavy atom. The number of benzene rings is 1. The van der Waals surface area contributed by atoms with Gasteiger partial charge in [-0.15, -0.1) is 0 Å². The van der Waals surface area contributed by atoms with Crippen LogP contribution in [0.3, 0.4) is 0 Å². The van der Waals surface area contributed by atoms with Crippen LogP contribution in [0.25, 0.3) is 5.53 Å². The Kier molecular flexibility index (Phi) is 8.23. The summed E-state index contributed by atoms with van der Waals surface area (Å²) in [5.74, 6) is 0. The Morgan fingerprint density at radius 3 is 2.16 bits per heavy atom. The first-order valence-corrected chi connectivity index (χ1v) is 5.33. The van der Waals surface area contributed by atoms with E-state index in [4.69, 9.17) is 10.6 Å². The van der Waals surface area contributed by atoms with Crippen molar-refractivity contribution in [2.75, 3.05) is 18.5 Å². The number of rotatable bonds is 5. The molecule has 0 saturated carbocycles. The lowest BCUT2D eigenvalue weighted by Crippen LogP contribution is -2.05. The molecule has 0 bridgehead atoms. The first-order chi connectivity index (χ1) is 8.86. The second-order valence-electron chi connectivity index (χ2n) is 3.34. The average Bonchev–Trinajstić information content (AvgIpc) is 2.33. The van der Waals surface area contributed by atoms with Crippen molar-refractivity contribution in [3.05, 3.63) is 35.4 Å². The molecule has 0 amide bonds. The zero-order chi connectivity index (χ0) is 14.7. The van der Waals surface area contributed by atoms with Gasteiger partial charge >= 0.3 is 7.25 Å². The lowest BCUT2D eigenvalue weighted by Gasteiger charge is -2.03. The highest BCUT2D eigenvalue weighted by molar-refractivity contribution is 6.50. The molecule has 2 N–H and O–H groups in total. The van der Waals surface area contributed by atoms with Crippen molar-refractivity contribution < 1.29 is 27.2 Å². The highest BCUT2D eigenvalue weighted by Gasteiger charge is 2.20. The summed E-state index contributed by atoms with van der Waals surface area (Å²) in [6.07, 6.45) is 2.06. The van der Waals surface area contributed by atoms with Crippen molar-refractivity contribution in [2.45, 2.75) is 6.42 Å². The second kappa shape index (κ2) is 9.13. The fourth-order valence-corrected chi connectivity index (χ4v) is 1.11. The maximum atomic E-state index is 9.75. The van der Waals surface area contributed by atoms with Gasteiger partial charge in [0.1, 0.15) is 0 Å². The molecule has 0 saturated heterocycles. The predicted molar refractivity (Wildman–Crippen MR) is 65.6 cm³/mol. The van der Waals surface area contributed by atoms with Crippen LogP contribution in [0, 0.1) is 0 Å². The molecule has 0 aliphatic heterocycles. The molecule has 0 unspecified atom stereocenters. The average molecular weight is 278 g/mol. The second-order valence-corrected chi connectivity index (χ2v) is 3.34. The zero-order valence-corrected chi connectivity index (χ0v) is 9.94. The van der Waals surface area contributed by atoms with Crippen LogP contribution in [0.15, 0.2) is 24.3 Å². The molecule has 0 atom stereocenters. The SMILES string of the molecule is F[B-](F)(F)F.[N-]=[N+]=CCc1ccc(NCCO)cc1. The zero-order valence-electron chi connectivity index (χ0n) is 9.94. The standard InChI is InChI=1S/C10H13N3O.BF4/c11-13-6-5-9-1-3-10(4-2-9)12-7-8-14;2-1(3,4)5/h1-4,6,12,14H,5,7-8H2;/q;-1. The lowest BCUT2D eigenvalue weighted by molar-refractivity contribution is 0.00157. The van der Waals surface area contributed by atoms with Crippen molar-refractivity contribution in [2.24, 2.45) is 0 Å². The van der Waals surface area contributed by atoms with E-state index in [0.717, 1.165) is 11.3 Å². The van der Waals surface area contributed by atoms with Gasteiger partial charge < -0.3 is 33.2 Å². The summed E-state index contributed by atoms with van der Waals surface area (Å²) >= 11 is 0. The minimum absolute atomic E-state index is 0.124. The fourth-order valence-electron chi connectivity index (χ4n) is 1.11. The molecule has 19 heavy (non-hydrogen) atoms. The van der Waals surface area contributed by atoms with Crippen LogP contribution >= 0.6 is 0 Å². The largest absolute Gasteiger partial charge is 0.673 e. The molecule has 1 rings (SSSR count). The summed E-state index contributed by atoms with van der Waals surface area (Å²) in [7, 11) is -6.00. The number of nitrogens with zero attached hydrogens (tertiary/aromatic N) is 2. The van der Waals surface area contributed by atoms with Gasteiger partial charge in [0.25, 0.3) is 6.21 Å². The molecule has 0 aromatic heterocycles. The first-order valence-electron chi connectivity index (χ1n) is 5.33. The van der Waals surface area contributed by atoms with Crippen molar-refractivity contribution >= 4 is 19.2 Å². The topological polar surface area (TPSA) is 68.7 Å². The van der Waals surface area contributed by atoms with Crippen molar-refractivity contribution in [1.29, 1.82) is 0 Å². The lowest BCUT2D eigenvalue weighted by atomic mass is 10.1. The van der Waals surface area contributed by atoms with E-state index in [1.807, 2.05) is 24.3 Å². The molecule has 1 aromatic carbocycles. The van der Waals surface area contributed by atoms with Crippen LogP contribution in [0.5, 0.6) is 0 Å². The van der Waals surface area contributed by atoms with Crippen LogP contribution in [-0.2, 0) is 6.42 Å². The third kappa shape index (κ3) is 12.4. The van der Waals surface area contributed by atoms with Gasteiger partial charge in [-0.3, -0.25) is 0 Å². The minimum atomic E-state index is -6.00. The molecule has 9 heteroatoms. The summed E-state index contributed by atoms with van der Waals surface area (Å²) < 4.78 is 39.0. The summed E-state index contributed by atoms with van der Waals surface area (Å²) in [6, 6.07) is 7.75. The fraction of sp³-hybridized carbons (Fsp3) is 0.300. The molecule has 0 aliphatic rings. The summed E-state index contributed by atoms with van der Waals surface area (Å²) in [4.78, 5) is 2.93. The monoisotopic (exact) mass is 278 g/mol. The van der Waals surface area contributed by atoms with Gasteiger partial charge in [-0.25, -0.2) is 0 Å². The Morgan fingerprint density at radius 2 is 1.74 bits per heavy atom. The number of halogens is 4. The van der Waals surface area contributed by atoms with Crippen molar-refractivity contribution in [3.63, 3.8) is 0 Å². The van der Waals surface area contributed by atoms with Crippen LogP contribution in [-0.4, -0.2) is 36.5 Å². The molecule has 1 aromatic rings. The van der Waals surface area contributed by atoms with Gasteiger partial charge in [0.05, 0.1) is 13.0 Å². The number of hydrogen-bond acceptors (Lipinski definition) is 2. The minimum Gasteiger partial charge on any atom is -0.418 e. The Hall–Kier alpha value is -1.86. The van der Waals surface area contributed by atoms with Crippen LogP contribution in [0.1, 0.15) is 5.56 Å². The van der Waals surface area contributed by atoms with Gasteiger partial charge in [-0.2, -0.15) is 4.79 Å².